The third-order valence-electron chi connectivity index (χ3n) is 14.3. The zero-order valence-electron chi connectivity index (χ0n) is 40.2. The number of carbonyl (C=O) groups excluding carboxylic acids is 4. The van der Waals surface area contributed by atoms with E-state index in [1.54, 1.807) is 22.0 Å². The fourth-order valence-corrected chi connectivity index (χ4v) is 12.5. The maximum absolute atomic E-state index is 14.0. The molecule has 6 aromatic rings. The van der Waals surface area contributed by atoms with E-state index >= 15 is 0 Å². The molecule has 3 fully saturated rings. The van der Waals surface area contributed by atoms with Gasteiger partial charge in [0.1, 0.15) is 34.3 Å². The lowest BCUT2D eigenvalue weighted by Gasteiger charge is -2.25. The van der Waals surface area contributed by atoms with E-state index in [2.05, 4.69) is 71.2 Å². The molecule has 11 rings (SSSR count). The van der Waals surface area contributed by atoms with Crippen LogP contribution in [0.4, 0.5) is 27.7 Å². The molecule has 0 saturated heterocycles. The van der Waals surface area contributed by atoms with Gasteiger partial charge in [0, 0.05) is 73.0 Å². The molecule has 6 heterocycles. The third kappa shape index (κ3) is 9.58. The Morgan fingerprint density at radius 1 is 0.786 bits per heavy atom. The predicted octanol–water partition coefficient (Wildman–Crippen LogP) is 5.89. The van der Waals surface area contributed by atoms with Crippen LogP contribution in [0.5, 0.6) is 0 Å². The number of thiophene rings is 2. The number of aryl methyl sites for hydroxylation is 5. The average molecular weight is 989 g/mol. The van der Waals surface area contributed by atoms with E-state index in [1.165, 1.54) is 22.7 Å². The van der Waals surface area contributed by atoms with E-state index < -0.39 is 0 Å². The SMILES string of the molecule is Cc1cc(-n2cnnc2N[C@@H]2CCc3sc(NC(=O)C4CC4Cc4cc(Nc5nncn5C5CCc6sc(NC(=O)C7CC7)c(C(=O)NCC(C)C)c6C5)n(C)n4)c(C(=O)NCC4CC4)c3C2)n(C)n1. The summed E-state index contributed by atoms with van der Waals surface area (Å²) in [6, 6.07) is 3.96. The summed E-state index contributed by atoms with van der Waals surface area (Å²) in [7, 11) is 3.77. The zero-order valence-corrected chi connectivity index (χ0v) is 41.8. The summed E-state index contributed by atoms with van der Waals surface area (Å²) in [6.07, 6.45) is 13.2. The second-order valence-corrected chi connectivity index (χ2v) is 22.5. The first-order valence-corrected chi connectivity index (χ1v) is 26.3. The number of nitrogens with one attached hydrogen (secondary N) is 6. The average Bonchev–Trinajstić information content (AvgIpc) is 4.27. The number of hydrogen-bond donors (Lipinski definition) is 6. The van der Waals surface area contributed by atoms with E-state index in [1.807, 2.05) is 42.3 Å². The van der Waals surface area contributed by atoms with Gasteiger partial charge >= 0.3 is 0 Å². The van der Waals surface area contributed by atoms with E-state index in [0.717, 1.165) is 102 Å². The Bertz CT molecular complexity index is 2980. The molecule has 0 radical (unpaired) electrons. The molecule has 6 aromatic heterocycles. The quantitative estimate of drug-likeness (QED) is 0.0591. The lowest BCUT2D eigenvalue weighted by Crippen LogP contribution is -2.31. The van der Waals surface area contributed by atoms with Gasteiger partial charge in [-0.25, -0.2) is 0 Å². The maximum atomic E-state index is 14.0. The van der Waals surface area contributed by atoms with Crippen LogP contribution in [0, 0.1) is 36.5 Å². The Balaban J connectivity index is 0.742. The van der Waals surface area contributed by atoms with Crippen molar-refractivity contribution >= 4 is 74.0 Å². The minimum atomic E-state index is -0.201. The summed E-state index contributed by atoms with van der Waals surface area (Å²) >= 11 is 3.05. The van der Waals surface area contributed by atoms with Crippen molar-refractivity contribution < 1.29 is 19.2 Å². The predicted molar refractivity (Wildman–Crippen MR) is 266 cm³/mol. The van der Waals surface area contributed by atoms with Crippen molar-refractivity contribution in [2.75, 3.05) is 34.4 Å². The van der Waals surface area contributed by atoms with Gasteiger partial charge in [0.15, 0.2) is 0 Å². The Morgan fingerprint density at radius 2 is 1.49 bits per heavy atom. The molecule has 368 valence electrons. The molecule has 70 heavy (non-hydrogen) atoms. The molecule has 0 aliphatic heterocycles. The molecule has 5 aliphatic rings. The Kier molecular flexibility index (Phi) is 12.3. The molecule has 0 aromatic carbocycles. The van der Waals surface area contributed by atoms with Crippen LogP contribution in [-0.4, -0.2) is 91.8 Å². The smallest absolute Gasteiger partial charge is 0.254 e. The summed E-state index contributed by atoms with van der Waals surface area (Å²) in [5.74, 6) is 3.12. The topological polar surface area (TPSA) is 238 Å². The Hall–Kier alpha value is -6.42. The number of rotatable bonds is 18. The van der Waals surface area contributed by atoms with Gasteiger partial charge in [-0.05, 0) is 113 Å². The van der Waals surface area contributed by atoms with Crippen molar-refractivity contribution in [3.63, 3.8) is 0 Å². The lowest BCUT2D eigenvalue weighted by molar-refractivity contribution is -0.118. The van der Waals surface area contributed by atoms with Crippen LogP contribution in [0.2, 0.25) is 0 Å². The van der Waals surface area contributed by atoms with Crippen LogP contribution in [0.1, 0.15) is 118 Å². The van der Waals surface area contributed by atoms with E-state index in [-0.39, 0.29) is 59.4 Å². The van der Waals surface area contributed by atoms with Crippen LogP contribution in [0.15, 0.2) is 24.8 Å². The number of hydrogen-bond acceptors (Lipinski definition) is 14. The van der Waals surface area contributed by atoms with E-state index in [9.17, 15) is 19.2 Å². The van der Waals surface area contributed by atoms with Crippen molar-refractivity contribution in [2.24, 2.45) is 43.7 Å². The first kappa shape index (κ1) is 46.0. The Labute approximate surface area is 413 Å². The normalized spacial score (nSPS) is 20.4. The van der Waals surface area contributed by atoms with Gasteiger partial charge in [-0.2, -0.15) is 10.2 Å². The molecule has 20 nitrogen and oxygen atoms in total. The highest BCUT2D eigenvalue weighted by Crippen LogP contribution is 2.46. The van der Waals surface area contributed by atoms with Crippen LogP contribution >= 0.6 is 22.7 Å². The van der Waals surface area contributed by atoms with Crippen molar-refractivity contribution in [2.45, 2.75) is 110 Å². The number of nitrogens with zero attached hydrogens (tertiary/aromatic N) is 10. The zero-order chi connectivity index (χ0) is 48.4. The highest BCUT2D eigenvalue weighted by molar-refractivity contribution is 7.17. The van der Waals surface area contributed by atoms with Crippen LogP contribution in [0.3, 0.4) is 0 Å². The molecule has 6 N–H and O–H groups in total. The van der Waals surface area contributed by atoms with Gasteiger partial charge in [0.05, 0.1) is 22.5 Å². The van der Waals surface area contributed by atoms with Crippen LogP contribution in [0.25, 0.3) is 5.82 Å². The highest BCUT2D eigenvalue weighted by atomic mass is 32.1. The number of fused-ring (bicyclic) bond motifs is 2. The molecule has 4 atom stereocenters. The van der Waals surface area contributed by atoms with Gasteiger partial charge in [-0.15, -0.1) is 43.1 Å². The van der Waals surface area contributed by atoms with Gasteiger partial charge < -0.3 is 31.9 Å². The highest BCUT2D eigenvalue weighted by Gasteiger charge is 2.44. The molecule has 4 amide bonds. The van der Waals surface area contributed by atoms with Gasteiger partial charge in [0.2, 0.25) is 23.7 Å². The second kappa shape index (κ2) is 18.7. The number of aromatic nitrogens is 10. The fraction of sp³-hybridized carbons (Fsp3) is 0.542. The van der Waals surface area contributed by atoms with Gasteiger partial charge in [0.25, 0.3) is 11.8 Å². The summed E-state index contributed by atoms with van der Waals surface area (Å²) < 4.78 is 7.50. The van der Waals surface area contributed by atoms with E-state index in [0.29, 0.717) is 71.3 Å². The third-order valence-corrected chi connectivity index (χ3v) is 16.7. The second-order valence-electron chi connectivity index (χ2n) is 20.3. The number of carbonyl (C=O) groups is 4. The van der Waals surface area contributed by atoms with Crippen molar-refractivity contribution in [3.05, 3.63) is 68.2 Å². The first-order valence-electron chi connectivity index (χ1n) is 24.7. The van der Waals surface area contributed by atoms with Gasteiger partial charge in [-0.3, -0.25) is 37.7 Å². The molecule has 3 saturated carbocycles. The summed E-state index contributed by atoms with van der Waals surface area (Å²) in [4.78, 5) is 56.8. The van der Waals surface area contributed by atoms with Crippen LogP contribution < -0.4 is 31.9 Å². The minimum absolute atomic E-state index is 0.00462. The summed E-state index contributed by atoms with van der Waals surface area (Å²) in [5.41, 5.74) is 4.86. The molecule has 3 unspecified atom stereocenters. The monoisotopic (exact) mass is 988 g/mol. The number of anilines is 5. The van der Waals surface area contributed by atoms with Crippen molar-refractivity contribution in [1.29, 1.82) is 0 Å². The van der Waals surface area contributed by atoms with Gasteiger partial charge in [-0.1, -0.05) is 13.8 Å². The fourth-order valence-electron chi connectivity index (χ4n) is 9.99. The molecular formula is C48H60N16O4S2. The number of amides is 4. The van der Waals surface area contributed by atoms with Crippen LogP contribution in [-0.2, 0) is 55.8 Å². The largest absolute Gasteiger partial charge is 0.352 e. The molecule has 22 heteroatoms. The standard InChI is InChI=1S/C48H60N16O4S2/c1-24(2)20-49-43(67)40-34-19-31(11-13-36(34)70-45(40)55-41(65)27-8-9-27)63-22-51-58-48(63)54-37-18-30(60-61(37)4)15-28-16-32(28)42(66)56-46-39(44(68)50-21-26-6-7-26)33-17-29(10-12-35(33)69-46)53-47-57-52-23-64(47)38-14-25(3)59-62(38)5/h14,18,22-24,26-29,31-32H,6-13,15-17,19-21H2,1-5H3,(H,49,67)(H,50,68)(H,53,57)(H,54,58)(H,55,65)(H,56,66)/t28?,29-,31?,32?/m1/s1. The molecule has 0 bridgehead atoms. The first-order chi connectivity index (χ1) is 33.8. The molecular weight excluding hydrogens is 929 g/mol. The van der Waals surface area contributed by atoms with Crippen molar-refractivity contribution in [1.82, 2.24) is 59.7 Å². The Morgan fingerprint density at radius 3 is 2.20 bits per heavy atom. The molecule has 5 aliphatic carbocycles. The lowest BCUT2D eigenvalue weighted by atomic mass is 9.91. The van der Waals surface area contributed by atoms with Crippen molar-refractivity contribution in [3.8, 4) is 5.82 Å². The minimum Gasteiger partial charge on any atom is -0.352 e. The summed E-state index contributed by atoms with van der Waals surface area (Å²) in [6.45, 7) is 7.25. The summed E-state index contributed by atoms with van der Waals surface area (Å²) in [5, 5.41) is 47.5. The molecule has 0 spiro atoms. The van der Waals surface area contributed by atoms with E-state index in [4.69, 9.17) is 5.10 Å². The maximum Gasteiger partial charge on any atom is 0.254 e.